The number of hydrogen-bond donors (Lipinski definition) is 1. The van der Waals surface area contributed by atoms with Gasteiger partial charge in [-0.1, -0.05) is 54.6 Å². The Kier molecular flexibility index (Phi) is 4.08. The van der Waals surface area contributed by atoms with E-state index in [4.69, 9.17) is 0 Å². The van der Waals surface area contributed by atoms with Gasteiger partial charge in [-0.25, -0.2) is 0 Å². The zero-order valence-electron chi connectivity index (χ0n) is 15.4. The highest BCUT2D eigenvalue weighted by atomic mass is 16.2. The molecule has 3 nitrogen and oxygen atoms in total. The number of benzene rings is 2. The molecule has 136 valence electrons. The van der Waals surface area contributed by atoms with Crippen LogP contribution in [0.15, 0.2) is 60.7 Å². The van der Waals surface area contributed by atoms with Gasteiger partial charge < -0.3 is 9.88 Å². The second-order valence-electron chi connectivity index (χ2n) is 7.70. The van der Waals surface area contributed by atoms with Crippen LogP contribution in [0.4, 0.5) is 0 Å². The maximum absolute atomic E-state index is 13.2. The largest absolute Gasteiger partial charge is 0.358 e. The molecule has 0 spiro atoms. The van der Waals surface area contributed by atoms with Crippen LogP contribution in [-0.2, 0) is 17.6 Å². The van der Waals surface area contributed by atoms with Gasteiger partial charge in [0.1, 0.15) is 0 Å². The maximum atomic E-state index is 13.2. The molecule has 0 radical (unpaired) electrons. The lowest BCUT2D eigenvalue weighted by Gasteiger charge is -2.31. The number of para-hydroxylation sites is 1. The highest BCUT2D eigenvalue weighted by Gasteiger charge is 2.30. The summed E-state index contributed by atoms with van der Waals surface area (Å²) in [6.07, 6.45) is 5.96. The molecule has 1 unspecified atom stereocenters. The topological polar surface area (TPSA) is 36.1 Å². The van der Waals surface area contributed by atoms with Gasteiger partial charge in [-0.05, 0) is 48.4 Å². The van der Waals surface area contributed by atoms with Crippen molar-refractivity contribution in [2.24, 2.45) is 5.92 Å². The van der Waals surface area contributed by atoms with Crippen LogP contribution in [0.5, 0.6) is 0 Å². The van der Waals surface area contributed by atoms with E-state index >= 15 is 0 Å². The number of carbonyl (C=O) groups is 1. The van der Waals surface area contributed by atoms with Gasteiger partial charge in [-0.3, -0.25) is 4.79 Å². The van der Waals surface area contributed by atoms with Gasteiger partial charge in [0.15, 0.2) is 0 Å². The Labute approximate surface area is 159 Å². The number of H-pyrrole nitrogens is 1. The van der Waals surface area contributed by atoms with E-state index in [1.165, 1.54) is 33.3 Å². The zero-order chi connectivity index (χ0) is 18.2. The predicted molar refractivity (Wildman–Crippen MR) is 109 cm³/mol. The lowest BCUT2D eigenvalue weighted by molar-refractivity contribution is -0.135. The van der Waals surface area contributed by atoms with Gasteiger partial charge in [0, 0.05) is 35.6 Å². The highest BCUT2D eigenvalue weighted by Crippen LogP contribution is 2.33. The van der Waals surface area contributed by atoms with E-state index in [2.05, 4.69) is 64.5 Å². The first-order chi connectivity index (χ1) is 13.3. The molecule has 0 saturated heterocycles. The molecule has 0 fully saturated rings. The molecule has 1 aromatic heterocycles. The summed E-state index contributed by atoms with van der Waals surface area (Å²) in [6.45, 7) is 1.57. The normalized spacial score (nSPS) is 19.6. The molecule has 3 aromatic rings. The third kappa shape index (κ3) is 2.97. The van der Waals surface area contributed by atoms with Crippen molar-refractivity contribution in [1.82, 2.24) is 9.88 Å². The number of aryl methyl sites for hydroxylation is 1. The number of carbonyl (C=O) groups excluding carboxylic acids is 1. The number of fused-ring (bicyclic) bond motifs is 3. The fraction of sp³-hybridized carbons (Fsp3) is 0.292. The van der Waals surface area contributed by atoms with Crippen molar-refractivity contribution in [1.29, 1.82) is 0 Å². The number of amides is 1. The van der Waals surface area contributed by atoms with Crippen molar-refractivity contribution in [3.8, 4) is 0 Å². The van der Waals surface area contributed by atoms with E-state index in [1.54, 1.807) is 0 Å². The van der Waals surface area contributed by atoms with E-state index in [9.17, 15) is 4.79 Å². The molecule has 1 aliphatic heterocycles. The molecule has 5 rings (SSSR count). The first kappa shape index (κ1) is 16.4. The Morgan fingerprint density at radius 2 is 1.81 bits per heavy atom. The van der Waals surface area contributed by atoms with Crippen LogP contribution < -0.4 is 0 Å². The SMILES string of the molecule is O=C(C1CCc2[nH]c3ccccc3c2C1)N1CC=C(c2ccccc2)CC1. The van der Waals surface area contributed by atoms with Crippen molar-refractivity contribution in [2.45, 2.75) is 25.7 Å². The minimum Gasteiger partial charge on any atom is -0.358 e. The highest BCUT2D eigenvalue weighted by molar-refractivity contribution is 5.87. The molecule has 0 saturated carbocycles. The second kappa shape index (κ2) is 6.73. The summed E-state index contributed by atoms with van der Waals surface area (Å²) in [7, 11) is 0. The Morgan fingerprint density at radius 1 is 1.00 bits per heavy atom. The van der Waals surface area contributed by atoms with Crippen molar-refractivity contribution in [3.63, 3.8) is 0 Å². The van der Waals surface area contributed by atoms with Gasteiger partial charge in [0.2, 0.25) is 5.91 Å². The summed E-state index contributed by atoms with van der Waals surface area (Å²) in [5.74, 6) is 0.442. The van der Waals surface area contributed by atoms with Gasteiger partial charge >= 0.3 is 0 Å². The summed E-state index contributed by atoms with van der Waals surface area (Å²) in [4.78, 5) is 18.7. The fourth-order valence-corrected chi connectivity index (χ4v) is 4.62. The molecule has 1 aliphatic carbocycles. The molecule has 0 bridgehead atoms. The van der Waals surface area contributed by atoms with Gasteiger partial charge in [-0.15, -0.1) is 0 Å². The summed E-state index contributed by atoms with van der Waals surface area (Å²) in [5.41, 5.74) is 6.52. The Hall–Kier alpha value is -2.81. The Bertz CT molecular complexity index is 1020. The van der Waals surface area contributed by atoms with Crippen LogP contribution in [0.1, 0.15) is 29.7 Å². The van der Waals surface area contributed by atoms with Crippen LogP contribution in [0.25, 0.3) is 16.5 Å². The summed E-state index contributed by atoms with van der Waals surface area (Å²) in [6, 6.07) is 19.0. The van der Waals surface area contributed by atoms with Crippen LogP contribution in [-0.4, -0.2) is 28.9 Å². The number of nitrogens with one attached hydrogen (secondary N) is 1. The molecule has 1 atom stereocenters. The second-order valence-corrected chi connectivity index (χ2v) is 7.70. The average molecular weight is 356 g/mol. The van der Waals surface area contributed by atoms with E-state index in [-0.39, 0.29) is 5.92 Å². The molecule has 3 heteroatoms. The van der Waals surface area contributed by atoms with Crippen LogP contribution in [0.2, 0.25) is 0 Å². The standard InChI is InChI=1S/C24H24N2O/c27-24(26-14-12-18(13-15-26)17-6-2-1-3-7-17)19-10-11-23-21(16-19)20-8-4-5-9-22(20)25-23/h1-9,12,19,25H,10-11,13-16H2. The fourth-order valence-electron chi connectivity index (χ4n) is 4.62. The van der Waals surface area contributed by atoms with Crippen molar-refractivity contribution >= 4 is 22.4 Å². The van der Waals surface area contributed by atoms with E-state index in [1.807, 2.05) is 6.07 Å². The number of aromatic nitrogens is 1. The minimum absolute atomic E-state index is 0.114. The third-order valence-electron chi connectivity index (χ3n) is 6.11. The maximum Gasteiger partial charge on any atom is 0.226 e. The summed E-state index contributed by atoms with van der Waals surface area (Å²) < 4.78 is 0. The zero-order valence-corrected chi connectivity index (χ0v) is 15.4. The molecule has 2 aromatic carbocycles. The molecular formula is C24H24N2O. The monoisotopic (exact) mass is 356 g/mol. The number of rotatable bonds is 2. The third-order valence-corrected chi connectivity index (χ3v) is 6.11. The lowest BCUT2D eigenvalue weighted by Crippen LogP contribution is -2.40. The number of aromatic amines is 1. The molecule has 2 aliphatic rings. The molecule has 2 heterocycles. The van der Waals surface area contributed by atoms with Crippen LogP contribution >= 0.6 is 0 Å². The number of hydrogen-bond acceptors (Lipinski definition) is 1. The van der Waals surface area contributed by atoms with E-state index in [0.717, 1.165) is 38.8 Å². The van der Waals surface area contributed by atoms with Crippen LogP contribution in [0, 0.1) is 5.92 Å². The van der Waals surface area contributed by atoms with E-state index in [0.29, 0.717) is 5.91 Å². The van der Waals surface area contributed by atoms with Gasteiger partial charge in [-0.2, -0.15) is 0 Å². The predicted octanol–water partition coefficient (Wildman–Crippen LogP) is 4.59. The minimum atomic E-state index is 0.114. The number of nitrogens with zero attached hydrogens (tertiary/aromatic N) is 1. The van der Waals surface area contributed by atoms with E-state index < -0.39 is 0 Å². The van der Waals surface area contributed by atoms with Crippen molar-refractivity contribution in [2.75, 3.05) is 13.1 Å². The molecule has 1 N–H and O–H groups in total. The smallest absolute Gasteiger partial charge is 0.226 e. The first-order valence-electron chi connectivity index (χ1n) is 9.91. The van der Waals surface area contributed by atoms with Crippen LogP contribution in [0.3, 0.4) is 0 Å². The summed E-state index contributed by atoms with van der Waals surface area (Å²) >= 11 is 0. The molecule has 1 amide bonds. The average Bonchev–Trinajstić information content (AvgIpc) is 3.12. The first-order valence-corrected chi connectivity index (χ1v) is 9.91. The Balaban J connectivity index is 1.32. The van der Waals surface area contributed by atoms with Gasteiger partial charge in [0.25, 0.3) is 0 Å². The summed E-state index contributed by atoms with van der Waals surface area (Å²) in [5, 5.41) is 1.29. The Morgan fingerprint density at radius 3 is 2.63 bits per heavy atom. The molecular weight excluding hydrogens is 332 g/mol. The van der Waals surface area contributed by atoms with Crippen molar-refractivity contribution in [3.05, 3.63) is 77.5 Å². The van der Waals surface area contributed by atoms with Gasteiger partial charge in [0.05, 0.1) is 0 Å². The quantitative estimate of drug-likeness (QED) is 0.716. The molecule has 27 heavy (non-hydrogen) atoms. The lowest BCUT2D eigenvalue weighted by atomic mass is 9.85. The van der Waals surface area contributed by atoms with Crippen molar-refractivity contribution < 1.29 is 4.79 Å².